The molecule has 20 heavy (non-hydrogen) atoms. The average Bonchev–Trinajstić information content (AvgIpc) is 2.54. The monoisotopic (exact) mass is 278 g/mol. The molecule has 0 aliphatic carbocycles. The van der Waals surface area contributed by atoms with Gasteiger partial charge in [0.25, 0.3) is 0 Å². The third-order valence-electron chi connectivity index (χ3n) is 3.91. The maximum atomic E-state index is 11.3. The molecule has 1 amide bonds. The number of nitrogens with zero attached hydrogens (tertiary/aromatic N) is 1. The van der Waals surface area contributed by atoms with Gasteiger partial charge in [0, 0.05) is 19.0 Å². The molecule has 110 valence electrons. The first-order chi connectivity index (χ1) is 9.40. The summed E-state index contributed by atoms with van der Waals surface area (Å²) in [5.74, 6) is 0.680. The number of fused-ring (bicyclic) bond motifs is 1. The highest BCUT2D eigenvalue weighted by Gasteiger charge is 2.27. The Morgan fingerprint density at radius 1 is 1.50 bits per heavy atom. The minimum Gasteiger partial charge on any atom is -0.506 e. The maximum absolute atomic E-state index is 11.3. The minimum atomic E-state index is -0.894. The van der Waals surface area contributed by atoms with Crippen molar-refractivity contribution in [2.24, 2.45) is 5.92 Å². The number of hydrogen-bond donors (Lipinski definition) is 3. The van der Waals surface area contributed by atoms with Crippen LogP contribution in [0.4, 0.5) is 10.5 Å². The van der Waals surface area contributed by atoms with Gasteiger partial charge in [0.1, 0.15) is 5.75 Å². The zero-order valence-electron chi connectivity index (χ0n) is 12.0. The lowest BCUT2D eigenvalue weighted by Gasteiger charge is -2.24. The molecule has 0 aromatic heterocycles. The first-order valence-corrected chi connectivity index (χ1v) is 6.98. The van der Waals surface area contributed by atoms with Crippen LogP contribution in [0.5, 0.6) is 5.75 Å². The predicted molar refractivity (Wildman–Crippen MR) is 78.0 cm³/mol. The molecule has 0 saturated heterocycles. The van der Waals surface area contributed by atoms with E-state index in [1.807, 2.05) is 6.07 Å². The second-order valence-corrected chi connectivity index (χ2v) is 5.87. The molecule has 0 saturated carbocycles. The molecule has 0 radical (unpaired) electrons. The molecule has 5 heteroatoms. The van der Waals surface area contributed by atoms with Crippen molar-refractivity contribution in [2.45, 2.75) is 32.6 Å². The Balaban J connectivity index is 2.42. The van der Waals surface area contributed by atoms with Crippen molar-refractivity contribution < 1.29 is 15.0 Å². The minimum absolute atomic E-state index is 0.0795. The first-order valence-electron chi connectivity index (χ1n) is 6.98. The van der Waals surface area contributed by atoms with E-state index in [1.165, 1.54) is 4.90 Å². The number of amides is 1. The number of phenolic OH excluding ortho intramolecular Hbond substituents is 1. The van der Waals surface area contributed by atoms with Crippen molar-refractivity contribution >= 4 is 11.8 Å². The molecule has 1 aliphatic heterocycles. The third kappa shape index (κ3) is 2.81. The number of benzene rings is 1. The Morgan fingerprint density at radius 3 is 2.80 bits per heavy atom. The number of aromatic hydroxyl groups is 1. The van der Waals surface area contributed by atoms with Crippen molar-refractivity contribution in [3.63, 3.8) is 0 Å². The summed E-state index contributed by atoms with van der Waals surface area (Å²) in [6, 6.07) is 3.50. The van der Waals surface area contributed by atoms with E-state index >= 15 is 0 Å². The summed E-state index contributed by atoms with van der Waals surface area (Å²) in [5, 5.41) is 19.0. The van der Waals surface area contributed by atoms with Gasteiger partial charge in [-0.1, -0.05) is 19.9 Å². The van der Waals surface area contributed by atoms with Gasteiger partial charge in [0.2, 0.25) is 0 Å². The fourth-order valence-corrected chi connectivity index (χ4v) is 2.98. The molecule has 4 N–H and O–H groups in total. The lowest BCUT2D eigenvalue weighted by atomic mass is 9.86. The van der Waals surface area contributed by atoms with Crippen molar-refractivity contribution in [3.8, 4) is 5.75 Å². The molecular formula is C15H22N2O3. The summed E-state index contributed by atoms with van der Waals surface area (Å²) >= 11 is 0. The molecular weight excluding hydrogens is 256 g/mol. The molecule has 1 aromatic rings. The first kappa shape index (κ1) is 14.5. The molecule has 1 aromatic carbocycles. The lowest BCUT2D eigenvalue weighted by Crippen LogP contribution is -2.33. The van der Waals surface area contributed by atoms with Crippen LogP contribution in [0.1, 0.15) is 37.3 Å². The van der Waals surface area contributed by atoms with Crippen molar-refractivity contribution in [3.05, 3.63) is 23.3 Å². The molecule has 0 bridgehead atoms. The van der Waals surface area contributed by atoms with E-state index in [1.54, 1.807) is 6.07 Å². The van der Waals surface area contributed by atoms with Gasteiger partial charge in [-0.2, -0.15) is 0 Å². The topological polar surface area (TPSA) is 86.8 Å². The number of phenols is 1. The number of rotatable bonds is 2. The number of nitrogen functional groups attached to an aromatic ring is 1. The van der Waals surface area contributed by atoms with E-state index in [0.717, 1.165) is 17.5 Å². The van der Waals surface area contributed by atoms with Crippen molar-refractivity contribution in [2.75, 3.05) is 18.8 Å². The van der Waals surface area contributed by atoms with Crippen LogP contribution >= 0.6 is 0 Å². The van der Waals surface area contributed by atoms with Crippen LogP contribution in [0.25, 0.3) is 0 Å². The highest BCUT2D eigenvalue weighted by Crippen LogP contribution is 2.37. The number of nitrogens with two attached hydrogens (primary N) is 1. The van der Waals surface area contributed by atoms with Crippen LogP contribution in [-0.4, -0.2) is 34.3 Å². The van der Waals surface area contributed by atoms with E-state index in [9.17, 15) is 15.0 Å². The maximum Gasteiger partial charge on any atom is 0.407 e. The van der Waals surface area contributed by atoms with E-state index in [0.29, 0.717) is 31.1 Å². The van der Waals surface area contributed by atoms with Gasteiger partial charge in [-0.3, -0.25) is 0 Å². The van der Waals surface area contributed by atoms with Crippen molar-refractivity contribution in [1.29, 1.82) is 0 Å². The number of carboxylic acid groups (broad SMARTS) is 1. The van der Waals surface area contributed by atoms with Gasteiger partial charge in [-0.05, 0) is 36.0 Å². The molecule has 1 heterocycles. The third-order valence-corrected chi connectivity index (χ3v) is 3.91. The Bertz CT molecular complexity index is 514. The fraction of sp³-hybridized carbons (Fsp3) is 0.533. The van der Waals surface area contributed by atoms with E-state index < -0.39 is 6.09 Å². The summed E-state index contributed by atoms with van der Waals surface area (Å²) in [5.41, 5.74) is 8.35. The average molecular weight is 278 g/mol. The second kappa shape index (κ2) is 5.61. The SMILES string of the molecule is CC(C)CC1CN(C(=O)O)CCc2c1ccc(O)c2N. The Morgan fingerprint density at radius 2 is 2.20 bits per heavy atom. The predicted octanol–water partition coefficient (Wildman–Crippen LogP) is 2.64. The quantitative estimate of drug-likeness (QED) is 0.573. The molecule has 1 unspecified atom stereocenters. The summed E-state index contributed by atoms with van der Waals surface area (Å²) in [6.45, 7) is 5.16. The van der Waals surface area contributed by atoms with E-state index in [4.69, 9.17) is 5.73 Å². The molecule has 2 rings (SSSR count). The summed E-state index contributed by atoms with van der Waals surface area (Å²) in [7, 11) is 0. The zero-order chi connectivity index (χ0) is 14.9. The second-order valence-electron chi connectivity index (χ2n) is 5.87. The van der Waals surface area contributed by atoms with Crippen LogP contribution in [-0.2, 0) is 6.42 Å². The van der Waals surface area contributed by atoms with Gasteiger partial charge in [0.15, 0.2) is 0 Å². The summed E-state index contributed by atoms with van der Waals surface area (Å²) in [4.78, 5) is 12.7. The number of hydrogen-bond acceptors (Lipinski definition) is 3. The highest BCUT2D eigenvalue weighted by atomic mass is 16.4. The van der Waals surface area contributed by atoms with Gasteiger partial charge in [-0.15, -0.1) is 0 Å². The van der Waals surface area contributed by atoms with Crippen LogP contribution in [0.2, 0.25) is 0 Å². The van der Waals surface area contributed by atoms with Gasteiger partial charge in [0.05, 0.1) is 5.69 Å². The zero-order valence-corrected chi connectivity index (χ0v) is 12.0. The number of anilines is 1. The summed E-state index contributed by atoms with van der Waals surface area (Å²) in [6.07, 6.45) is 0.562. The standard InChI is InChI=1S/C15H22N2O3/c1-9(2)7-10-8-17(15(19)20)6-5-12-11(10)3-4-13(18)14(12)16/h3-4,9-10,18H,5-8,16H2,1-2H3,(H,19,20). The molecule has 1 aliphatic rings. The molecule has 1 atom stereocenters. The summed E-state index contributed by atoms with van der Waals surface area (Å²) < 4.78 is 0. The van der Waals surface area contributed by atoms with Gasteiger partial charge >= 0.3 is 6.09 Å². The van der Waals surface area contributed by atoms with Crippen LogP contribution in [0.15, 0.2) is 12.1 Å². The van der Waals surface area contributed by atoms with Crippen molar-refractivity contribution in [1.82, 2.24) is 4.90 Å². The lowest BCUT2D eigenvalue weighted by molar-refractivity contribution is 0.142. The van der Waals surface area contributed by atoms with E-state index in [-0.39, 0.29) is 11.7 Å². The Hall–Kier alpha value is -1.91. The van der Waals surface area contributed by atoms with Crippen LogP contribution in [0.3, 0.4) is 0 Å². The number of carbonyl (C=O) groups is 1. The largest absolute Gasteiger partial charge is 0.506 e. The van der Waals surface area contributed by atoms with Crippen LogP contribution in [0, 0.1) is 5.92 Å². The smallest absolute Gasteiger partial charge is 0.407 e. The van der Waals surface area contributed by atoms with E-state index in [2.05, 4.69) is 13.8 Å². The van der Waals surface area contributed by atoms with Gasteiger partial charge in [-0.25, -0.2) is 4.79 Å². The van der Waals surface area contributed by atoms with Gasteiger partial charge < -0.3 is 20.8 Å². The molecule has 0 spiro atoms. The molecule has 0 fully saturated rings. The fourth-order valence-electron chi connectivity index (χ4n) is 2.98. The molecule has 5 nitrogen and oxygen atoms in total. The Labute approximate surface area is 119 Å². The van der Waals surface area contributed by atoms with Crippen LogP contribution < -0.4 is 5.73 Å². The Kier molecular flexibility index (Phi) is 4.06. The highest BCUT2D eigenvalue weighted by molar-refractivity contribution is 5.67. The normalized spacial score (nSPS) is 18.8.